The topological polar surface area (TPSA) is 67.4 Å². The molecule has 0 bridgehead atoms. The molecule has 0 saturated carbocycles. The third-order valence-electron chi connectivity index (χ3n) is 3.23. The van der Waals surface area contributed by atoms with E-state index < -0.39 is 10.0 Å². The van der Waals surface area contributed by atoms with Gasteiger partial charge in [-0.05, 0) is 44.0 Å². The lowest BCUT2D eigenvalue weighted by Gasteiger charge is -2.24. The lowest BCUT2D eigenvalue weighted by Crippen LogP contribution is -2.45. The molecule has 1 aliphatic rings. The van der Waals surface area contributed by atoms with Crippen LogP contribution in [0.4, 0.5) is 0 Å². The van der Waals surface area contributed by atoms with Crippen molar-refractivity contribution in [1.29, 1.82) is 0 Å². The average Bonchev–Trinajstić information content (AvgIpc) is 2.39. The molecule has 0 amide bonds. The Morgan fingerprint density at radius 1 is 1.40 bits per heavy atom. The first-order valence-corrected chi connectivity index (χ1v) is 7.89. The number of piperidine rings is 1. The second-order valence-electron chi connectivity index (χ2n) is 4.82. The molecule has 0 radical (unpaired) electrons. The summed E-state index contributed by atoms with van der Waals surface area (Å²) in [4.78, 5) is 0.209. The Morgan fingerprint density at radius 3 is 2.75 bits per heavy atom. The van der Waals surface area contributed by atoms with E-state index in [1.165, 1.54) is 7.11 Å². The Morgan fingerprint density at radius 2 is 2.15 bits per heavy atom. The van der Waals surface area contributed by atoms with Gasteiger partial charge in [0.2, 0.25) is 10.0 Å². The van der Waals surface area contributed by atoms with E-state index in [4.69, 9.17) is 4.74 Å². The monoisotopic (exact) mass is 320 g/mol. The summed E-state index contributed by atoms with van der Waals surface area (Å²) in [6.45, 7) is 3.49. The molecule has 0 spiro atoms. The predicted molar refractivity (Wildman–Crippen MR) is 81.2 cm³/mol. The molecule has 114 valence electrons. The van der Waals surface area contributed by atoms with Crippen LogP contribution < -0.4 is 14.8 Å². The van der Waals surface area contributed by atoms with Crippen LogP contribution in [0.3, 0.4) is 0 Å². The SMILES string of the molecule is COc1ccc(C)cc1S(=O)(=O)NC1CCCNC1.Cl. The number of halogens is 1. The number of sulfonamides is 1. The van der Waals surface area contributed by atoms with E-state index in [-0.39, 0.29) is 23.3 Å². The molecule has 1 aromatic carbocycles. The first-order valence-electron chi connectivity index (χ1n) is 6.40. The largest absolute Gasteiger partial charge is 0.495 e. The molecule has 5 nitrogen and oxygen atoms in total. The molecule has 2 rings (SSSR count). The van der Waals surface area contributed by atoms with Crippen LogP contribution in [-0.4, -0.2) is 34.7 Å². The van der Waals surface area contributed by atoms with E-state index in [1.54, 1.807) is 12.1 Å². The lowest BCUT2D eigenvalue weighted by molar-refractivity contribution is 0.399. The van der Waals surface area contributed by atoms with Crippen molar-refractivity contribution in [2.24, 2.45) is 0 Å². The highest BCUT2D eigenvalue weighted by molar-refractivity contribution is 7.89. The summed E-state index contributed by atoms with van der Waals surface area (Å²) in [5.74, 6) is 0.377. The van der Waals surface area contributed by atoms with E-state index in [2.05, 4.69) is 10.0 Å². The summed E-state index contributed by atoms with van der Waals surface area (Å²) >= 11 is 0. The zero-order chi connectivity index (χ0) is 13.9. The first-order chi connectivity index (χ1) is 9.03. The maximum atomic E-state index is 12.4. The number of hydrogen-bond acceptors (Lipinski definition) is 4. The molecule has 0 aromatic heterocycles. The van der Waals surface area contributed by atoms with Crippen LogP contribution in [0.1, 0.15) is 18.4 Å². The first kappa shape index (κ1) is 17.2. The fraction of sp³-hybridized carbons (Fsp3) is 0.538. The Balaban J connectivity index is 0.00000200. The Hall–Kier alpha value is -0.820. The van der Waals surface area contributed by atoms with E-state index in [0.29, 0.717) is 12.3 Å². The molecule has 2 N–H and O–H groups in total. The van der Waals surface area contributed by atoms with Crippen LogP contribution in [-0.2, 0) is 10.0 Å². The number of hydrogen-bond donors (Lipinski definition) is 2. The van der Waals surface area contributed by atoms with Gasteiger partial charge in [0.05, 0.1) is 7.11 Å². The minimum absolute atomic E-state index is 0. The van der Waals surface area contributed by atoms with Crippen LogP contribution in [0.25, 0.3) is 0 Å². The molecule has 1 fully saturated rings. The highest BCUT2D eigenvalue weighted by atomic mass is 35.5. The third-order valence-corrected chi connectivity index (χ3v) is 4.77. The number of ether oxygens (including phenoxy) is 1. The van der Waals surface area contributed by atoms with Crippen LogP contribution in [0.2, 0.25) is 0 Å². The minimum Gasteiger partial charge on any atom is -0.495 e. The molecule has 1 heterocycles. The maximum absolute atomic E-state index is 12.4. The summed E-state index contributed by atoms with van der Waals surface area (Å²) in [6.07, 6.45) is 1.85. The number of methoxy groups -OCH3 is 1. The number of rotatable bonds is 4. The molecular formula is C13H21ClN2O3S. The van der Waals surface area contributed by atoms with Crippen LogP contribution in [0.15, 0.2) is 23.1 Å². The van der Waals surface area contributed by atoms with Gasteiger partial charge in [0.1, 0.15) is 10.6 Å². The van der Waals surface area contributed by atoms with Gasteiger partial charge in [-0.15, -0.1) is 12.4 Å². The van der Waals surface area contributed by atoms with Crippen molar-refractivity contribution in [2.45, 2.75) is 30.7 Å². The van der Waals surface area contributed by atoms with Crippen LogP contribution in [0, 0.1) is 6.92 Å². The maximum Gasteiger partial charge on any atom is 0.244 e. The number of aryl methyl sites for hydroxylation is 1. The van der Waals surface area contributed by atoms with E-state index in [0.717, 1.165) is 24.9 Å². The summed E-state index contributed by atoms with van der Waals surface area (Å²) < 4.78 is 32.7. The summed E-state index contributed by atoms with van der Waals surface area (Å²) in [6, 6.07) is 5.10. The molecule has 0 aliphatic carbocycles. The lowest BCUT2D eigenvalue weighted by atomic mass is 10.1. The molecule has 20 heavy (non-hydrogen) atoms. The molecule has 1 unspecified atom stereocenters. The number of benzene rings is 1. The Bertz CT molecular complexity index is 543. The summed E-state index contributed by atoms with van der Waals surface area (Å²) in [7, 11) is -2.06. The van der Waals surface area contributed by atoms with Crippen molar-refractivity contribution >= 4 is 22.4 Å². The second-order valence-corrected chi connectivity index (χ2v) is 6.50. The van der Waals surface area contributed by atoms with E-state index in [9.17, 15) is 8.42 Å². The minimum atomic E-state index is -3.54. The fourth-order valence-electron chi connectivity index (χ4n) is 2.23. The van der Waals surface area contributed by atoms with Gasteiger partial charge < -0.3 is 10.1 Å². The van der Waals surface area contributed by atoms with Gasteiger partial charge in [0.15, 0.2) is 0 Å². The molecular weight excluding hydrogens is 300 g/mol. The smallest absolute Gasteiger partial charge is 0.244 e. The fourth-order valence-corrected chi connectivity index (χ4v) is 3.75. The standard InChI is InChI=1S/C13H20N2O3S.ClH/c1-10-5-6-12(18-2)13(8-10)19(16,17)15-11-4-3-7-14-9-11;/h5-6,8,11,14-15H,3-4,7,9H2,1-2H3;1H. The van der Waals surface area contributed by atoms with E-state index in [1.807, 2.05) is 13.0 Å². The molecule has 1 aromatic rings. The van der Waals surface area contributed by atoms with Crippen LogP contribution >= 0.6 is 12.4 Å². The van der Waals surface area contributed by atoms with Crippen molar-refractivity contribution in [1.82, 2.24) is 10.0 Å². The summed E-state index contributed by atoms with van der Waals surface area (Å²) in [5.41, 5.74) is 0.892. The quantitative estimate of drug-likeness (QED) is 0.881. The van der Waals surface area contributed by atoms with Gasteiger partial charge in [0.25, 0.3) is 0 Å². The third kappa shape index (κ3) is 4.09. The normalized spacial score (nSPS) is 19.2. The molecule has 1 aliphatic heterocycles. The molecule has 7 heteroatoms. The van der Waals surface area contributed by atoms with Gasteiger partial charge in [-0.2, -0.15) is 0 Å². The van der Waals surface area contributed by atoms with Crippen molar-refractivity contribution in [3.63, 3.8) is 0 Å². The van der Waals surface area contributed by atoms with Gasteiger partial charge >= 0.3 is 0 Å². The number of nitrogens with one attached hydrogen (secondary N) is 2. The zero-order valence-corrected chi connectivity index (χ0v) is 13.3. The Kier molecular flexibility index (Phi) is 6.26. The van der Waals surface area contributed by atoms with Crippen molar-refractivity contribution in [3.8, 4) is 5.75 Å². The molecule has 1 saturated heterocycles. The van der Waals surface area contributed by atoms with Gasteiger partial charge in [-0.25, -0.2) is 13.1 Å². The summed E-state index contributed by atoms with van der Waals surface area (Å²) in [5, 5.41) is 3.19. The average molecular weight is 321 g/mol. The van der Waals surface area contributed by atoms with Crippen molar-refractivity contribution in [2.75, 3.05) is 20.2 Å². The predicted octanol–water partition coefficient (Wildman–Crippen LogP) is 1.46. The zero-order valence-electron chi connectivity index (χ0n) is 11.7. The van der Waals surface area contributed by atoms with Gasteiger partial charge in [0, 0.05) is 12.6 Å². The van der Waals surface area contributed by atoms with E-state index >= 15 is 0 Å². The van der Waals surface area contributed by atoms with Crippen molar-refractivity contribution < 1.29 is 13.2 Å². The highest BCUT2D eigenvalue weighted by Crippen LogP contribution is 2.25. The Labute approximate surface area is 126 Å². The second kappa shape index (κ2) is 7.26. The molecule has 1 atom stereocenters. The van der Waals surface area contributed by atoms with Crippen LogP contribution in [0.5, 0.6) is 5.75 Å². The van der Waals surface area contributed by atoms with Gasteiger partial charge in [-0.1, -0.05) is 6.07 Å². The van der Waals surface area contributed by atoms with Crippen molar-refractivity contribution in [3.05, 3.63) is 23.8 Å². The highest BCUT2D eigenvalue weighted by Gasteiger charge is 2.24. The van der Waals surface area contributed by atoms with Gasteiger partial charge in [-0.3, -0.25) is 0 Å².